The largest absolute Gasteiger partial charge is 0.394 e. The molecule has 5 rings (SSSR count). The van der Waals surface area contributed by atoms with Crippen molar-refractivity contribution in [1.29, 1.82) is 0 Å². The van der Waals surface area contributed by atoms with Gasteiger partial charge < -0.3 is 24.9 Å². The summed E-state index contributed by atoms with van der Waals surface area (Å²) >= 11 is 0. The average Bonchev–Trinajstić information content (AvgIpc) is 3.67. The first-order valence-electron chi connectivity index (χ1n) is 13.9. The number of hydrogen-bond donors (Lipinski definition) is 2. The monoisotopic (exact) mass is 562 g/mol. The van der Waals surface area contributed by atoms with E-state index in [1.165, 1.54) is 23.1 Å². The van der Waals surface area contributed by atoms with Gasteiger partial charge in [0.25, 0.3) is 11.6 Å². The summed E-state index contributed by atoms with van der Waals surface area (Å²) in [6.45, 7) is 2.84. The second kappa shape index (κ2) is 11.4. The van der Waals surface area contributed by atoms with Crippen molar-refractivity contribution in [1.82, 2.24) is 4.90 Å². The molecule has 2 aromatic carbocycles. The lowest BCUT2D eigenvalue weighted by Gasteiger charge is -2.28. The topological polar surface area (TPSA) is 145 Å². The number of amides is 3. The van der Waals surface area contributed by atoms with E-state index in [2.05, 4.69) is 0 Å². The molecule has 0 unspecified atom stereocenters. The molecule has 3 aliphatic rings. The molecule has 3 atom stereocenters. The fourth-order valence-corrected chi connectivity index (χ4v) is 6.12. The first-order chi connectivity index (χ1) is 19.6. The smallest absolute Gasteiger partial charge is 0.269 e. The van der Waals surface area contributed by atoms with Crippen LogP contribution in [0.5, 0.6) is 0 Å². The number of likely N-dealkylation sites (tertiary alicyclic amines) is 1. The molecule has 11 heteroatoms. The van der Waals surface area contributed by atoms with Crippen molar-refractivity contribution >= 4 is 34.8 Å². The Hall–Kier alpha value is -4.09. The maximum Gasteiger partial charge on any atom is 0.269 e. The Morgan fingerprint density at radius 3 is 2.71 bits per heavy atom. The first-order valence-corrected chi connectivity index (χ1v) is 13.9. The molecular formula is C30H34N4O7. The minimum absolute atomic E-state index is 0.0403. The third kappa shape index (κ3) is 5.22. The molecule has 3 aliphatic heterocycles. The Kier molecular flexibility index (Phi) is 7.92. The zero-order valence-corrected chi connectivity index (χ0v) is 22.9. The van der Waals surface area contributed by atoms with Crippen LogP contribution in [0.25, 0.3) is 0 Å². The molecule has 2 aromatic rings. The summed E-state index contributed by atoms with van der Waals surface area (Å²) in [5.74, 6) is -1.54. The van der Waals surface area contributed by atoms with Gasteiger partial charge in [-0.15, -0.1) is 0 Å². The third-order valence-electron chi connectivity index (χ3n) is 8.38. The van der Waals surface area contributed by atoms with Gasteiger partial charge in [-0.1, -0.05) is 31.2 Å². The molecule has 41 heavy (non-hydrogen) atoms. The SMILES string of the molecule is C[C@@H](/C=C/CC(=O)N1CCC[C@H]1CO)[C@]1(O)C(=O)N(Cc2cccc(N3CCCC3=O)c2)c2ccc([N+](=O)[O-])cc21. The molecule has 2 fully saturated rings. The zero-order chi connectivity index (χ0) is 29.3. The van der Waals surface area contributed by atoms with E-state index in [0.717, 1.165) is 30.5 Å². The molecule has 2 saturated heterocycles. The highest BCUT2D eigenvalue weighted by atomic mass is 16.6. The number of benzene rings is 2. The lowest BCUT2D eigenvalue weighted by Crippen LogP contribution is -2.44. The van der Waals surface area contributed by atoms with Crippen molar-refractivity contribution in [3.63, 3.8) is 0 Å². The molecule has 0 radical (unpaired) electrons. The standard InChI is InChI=1S/C30H34N4O7/c1-20(6-2-10-27(36)32-14-4-9-24(32)19-35)30(39)25-17-23(34(40)41)12-13-26(25)33(29(30)38)18-21-7-3-8-22(16-21)31-15-5-11-28(31)37/h2-3,6-8,12-13,16-17,20,24,35,39H,4-5,9-11,14-15,18-19H2,1H3/b6-2+/t20-,24-,30+/m0/s1. The van der Waals surface area contributed by atoms with Crippen molar-refractivity contribution in [2.45, 2.75) is 57.2 Å². The van der Waals surface area contributed by atoms with Crippen molar-refractivity contribution in [3.05, 3.63) is 75.9 Å². The first kappa shape index (κ1) is 28.4. The van der Waals surface area contributed by atoms with Crippen LogP contribution in [0.2, 0.25) is 0 Å². The molecular weight excluding hydrogens is 528 g/mol. The van der Waals surface area contributed by atoms with Gasteiger partial charge >= 0.3 is 0 Å². The summed E-state index contributed by atoms with van der Waals surface area (Å²) in [6, 6.07) is 11.1. The van der Waals surface area contributed by atoms with E-state index in [0.29, 0.717) is 25.2 Å². The van der Waals surface area contributed by atoms with Crippen LogP contribution in [0.15, 0.2) is 54.6 Å². The van der Waals surface area contributed by atoms with E-state index in [1.807, 2.05) is 24.3 Å². The van der Waals surface area contributed by atoms with Crippen molar-refractivity contribution < 1.29 is 29.5 Å². The highest BCUT2D eigenvalue weighted by molar-refractivity contribution is 6.07. The Morgan fingerprint density at radius 1 is 1.20 bits per heavy atom. The highest BCUT2D eigenvalue weighted by Crippen LogP contribution is 2.47. The average molecular weight is 563 g/mol. The summed E-state index contributed by atoms with van der Waals surface area (Å²) in [6.07, 6.45) is 6.08. The molecule has 3 amide bonds. The van der Waals surface area contributed by atoms with Crippen LogP contribution in [-0.4, -0.2) is 63.5 Å². The second-order valence-corrected chi connectivity index (χ2v) is 10.9. The number of aliphatic hydroxyl groups is 2. The van der Waals surface area contributed by atoms with Crippen LogP contribution >= 0.6 is 0 Å². The summed E-state index contributed by atoms with van der Waals surface area (Å²) in [5.41, 5.74) is -0.372. The predicted molar refractivity (Wildman–Crippen MR) is 151 cm³/mol. The van der Waals surface area contributed by atoms with Gasteiger partial charge in [0.1, 0.15) is 0 Å². The Morgan fingerprint density at radius 2 is 2.00 bits per heavy atom. The maximum atomic E-state index is 13.9. The van der Waals surface area contributed by atoms with E-state index < -0.39 is 22.3 Å². The number of nitro groups is 1. The molecule has 216 valence electrons. The number of anilines is 2. The van der Waals surface area contributed by atoms with Gasteiger partial charge in [-0.05, 0) is 43.0 Å². The molecule has 0 aliphatic carbocycles. The van der Waals surface area contributed by atoms with Crippen molar-refractivity contribution in [2.75, 3.05) is 29.5 Å². The molecule has 11 nitrogen and oxygen atoms in total. The van der Waals surface area contributed by atoms with E-state index in [-0.39, 0.29) is 48.7 Å². The van der Waals surface area contributed by atoms with E-state index >= 15 is 0 Å². The summed E-state index contributed by atoms with van der Waals surface area (Å²) in [5, 5.41) is 33.0. The fraction of sp³-hybridized carbons (Fsp3) is 0.433. The normalized spacial score (nSPS) is 23.1. The predicted octanol–water partition coefficient (Wildman–Crippen LogP) is 3.02. The van der Waals surface area contributed by atoms with Crippen molar-refractivity contribution in [2.24, 2.45) is 5.92 Å². The van der Waals surface area contributed by atoms with Crippen LogP contribution in [0.4, 0.5) is 17.1 Å². The highest BCUT2D eigenvalue weighted by Gasteiger charge is 2.53. The van der Waals surface area contributed by atoms with E-state index in [9.17, 15) is 34.7 Å². The third-order valence-corrected chi connectivity index (χ3v) is 8.38. The van der Waals surface area contributed by atoms with Crippen LogP contribution in [0.3, 0.4) is 0 Å². The van der Waals surface area contributed by atoms with E-state index in [1.54, 1.807) is 28.9 Å². The minimum Gasteiger partial charge on any atom is -0.394 e. The number of rotatable bonds is 9. The fourth-order valence-electron chi connectivity index (χ4n) is 6.12. The number of non-ortho nitro benzene ring substituents is 1. The maximum absolute atomic E-state index is 13.9. The summed E-state index contributed by atoms with van der Waals surface area (Å²) in [7, 11) is 0. The number of nitro benzene ring substituents is 1. The summed E-state index contributed by atoms with van der Waals surface area (Å²) in [4.78, 5) is 54.6. The van der Waals surface area contributed by atoms with E-state index in [4.69, 9.17) is 0 Å². The van der Waals surface area contributed by atoms with Gasteiger partial charge in [-0.2, -0.15) is 0 Å². The van der Waals surface area contributed by atoms with Crippen molar-refractivity contribution in [3.8, 4) is 0 Å². The van der Waals surface area contributed by atoms with Crippen LogP contribution in [-0.2, 0) is 26.5 Å². The summed E-state index contributed by atoms with van der Waals surface area (Å²) < 4.78 is 0. The number of hydrogen-bond acceptors (Lipinski definition) is 7. The number of carbonyl (C=O) groups excluding carboxylic acids is 3. The molecule has 0 bridgehead atoms. The number of carbonyl (C=O) groups is 3. The lowest BCUT2D eigenvalue weighted by atomic mass is 9.82. The van der Waals surface area contributed by atoms with Crippen LogP contribution in [0.1, 0.15) is 50.2 Å². The molecule has 3 heterocycles. The molecule has 0 saturated carbocycles. The lowest BCUT2D eigenvalue weighted by molar-refractivity contribution is -0.385. The Bertz CT molecular complexity index is 1410. The molecule has 2 N–H and O–H groups in total. The quantitative estimate of drug-likeness (QED) is 0.272. The molecule has 0 spiro atoms. The van der Waals surface area contributed by atoms with Gasteiger partial charge in [0.15, 0.2) is 5.60 Å². The van der Waals surface area contributed by atoms with Crippen LogP contribution < -0.4 is 9.80 Å². The van der Waals surface area contributed by atoms with Gasteiger partial charge in [0.05, 0.1) is 29.8 Å². The zero-order valence-electron chi connectivity index (χ0n) is 22.9. The van der Waals surface area contributed by atoms with Gasteiger partial charge in [-0.3, -0.25) is 24.5 Å². The number of aliphatic hydroxyl groups excluding tert-OH is 1. The number of fused-ring (bicyclic) bond motifs is 1. The Labute approximate surface area is 237 Å². The van der Waals surface area contributed by atoms with Gasteiger partial charge in [0.2, 0.25) is 11.8 Å². The minimum atomic E-state index is -2.09. The number of nitrogens with zero attached hydrogens (tertiary/aromatic N) is 4. The second-order valence-electron chi connectivity index (χ2n) is 10.9. The van der Waals surface area contributed by atoms with Gasteiger partial charge in [-0.25, -0.2) is 0 Å². The van der Waals surface area contributed by atoms with Gasteiger partial charge in [0, 0.05) is 55.2 Å². The Balaban J connectivity index is 1.41. The van der Waals surface area contributed by atoms with Crippen LogP contribution in [0, 0.1) is 16.0 Å². The molecule has 0 aromatic heterocycles.